The minimum Gasteiger partial charge on any atom is -0.462 e. The van der Waals surface area contributed by atoms with Crippen molar-refractivity contribution in [2.75, 3.05) is 13.2 Å². The third kappa shape index (κ3) is 8.38. The molecule has 0 saturated carbocycles. The van der Waals surface area contributed by atoms with Crippen molar-refractivity contribution in [1.82, 2.24) is 9.97 Å². The molecule has 0 N–H and O–H groups in total. The van der Waals surface area contributed by atoms with Crippen molar-refractivity contribution in [3.63, 3.8) is 0 Å². The number of benzene rings is 2. The predicted molar refractivity (Wildman–Crippen MR) is 147 cm³/mol. The zero-order chi connectivity index (χ0) is 26.6. The molecule has 4 rings (SSSR count). The van der Waals surface area contributed by atoms with Crippen LogP contribution >= 0.6 is 38.6 Å². The summed E-state index contributed by atoms with van der Waals surface area (Å²) in [5, 5.41) is 1.36. The fourth-order valence-electron chi connectivity index (χ4n) is 2.80. The lowest BCUT2D eigenvalue weighted by atomic mass is 10.3. The Balaban J connectivity index is 0.000000206. The van der Waals surface area contributed by atoms with Gasteiger partial charge in [0.1, 0.15) is 21.3 Å². The number of halogens is 1. The summed E-state index contributed by atoms with van der Waals surface area (Å²) in [5.41, 5.74) is 1.26. The van der Waals surface area contributed by atoms with Gasteiger partial charge in [-0.05, 0) is 45.0 Å². The Bertz CT molecular complexity index is 1300. The van der Waals surface area contributed by atoms with Gasteiger partial charge in [-0.25, -0.2) is 19.6 Å². The van der Waals surface area contributed by atoms with E-state index in [1.54, 1.807) is 20.8 Å². The van der Waals surface area contributed by atoms with Gasteiger partial charge in [-0.15, -0.1) is 0 Å². The van der Waals surface area contributed by atoms with Crippen molar-refractivity contribution in [2.45, 2.75) is 26.1 Å². The van der Waals surface area contributed by atoms with E-state index >= 15 is 0 Å². The van der Waals surface area contributed by atoms with Gasteiger partial charge in [-0.3, -0.25) is 0 Å². The maximum absolute atomic E-state index is 11.8. The van der Waals surface area contributed by atoms with Gasteiger partial charge in [-0.1, -0.05) is 75.0 Å². The van der Waals surface area contributed by atoms with Crippen LogP contribution in [0.15, 0.2) is 60.7 Å². The Morgan fingerprint density at radius 2 is 1.22 bits per heavy atom. The highest BCUT2D eigenvalue weighted by Gasteiger charge is 2.20. The molecule has 0 aliphatic heterocycles. The first kappa shape index (κ1) is 28.3. The fraction of sp³-hybridized carbons (Fsp3) is 0.231. The van der Waals surface area contributed by atoms with Gasteiger partial charge in [0.25, 0.3) is 10.4 Å². The van der Waals surface area contributed by atoms with Gasteiger partial charge < -0.3 is 18.9 Å². The van der Waals surface area contributed by atoms with Crippen LogP contribution < -0.4 is 9.47 Å². The van der Waals surface area contributed by atoms with Crippen LogP contribution in [0.5, 0.6) is 21.9 Å². The lowest BCUT2D eigenvalue weighted by Crippen LogP contribution is -2.04. The first-order valence-electron chi connectivity index (χ1n) is 11.3. The van der Waals surface area contributed by atoms with Crippen LogP contribution in [-0.2, 0) is 14.8 Å². The number of carbonyl (C=O) groups excluding carboxylic acids is 2. The van der Waals surface area contributed by atoms with Gasteiger partial charge in [0, 0.05) is 5.33 Å². The quantitative estimate of drug-likeness (QED) is 0.144. The molecule has 2 heterocycles. The molecule has 0 aliphatic rings. The van der Waals surface area contributed by atoms with Crippen molar-refractivity contribution in [3.05, 3.63) is 81.8 Å². The predicted octanol–water partition coefficient (Wildman–Crippen LogP) is 7.43. The number of nitrogens with zero attached hydrogens (tertiary/aromatic N) is 2. The third-order valence-corrected chi connectivity index (χ3v) is 6.90. The molecule has 2 aromatic heterocycles. The standard InChI is InChI=1S/C13H12BrNO3S.C13H13NO3S/c1-2-17-12(16)11-10(8-14)15-13(19-11)18-9-6-4-3-5-7-9;1-3-16-12(15)11-9(2)14-13(18-11)17-10-7-5-4-6-8-10/h3-7H,2,8H2,1H3;4-8H,3H2,1-2H3. The minimum atomic E-state index is -0.364. The molecule has 0 atom stereocenters. The molecule has 194 valence electrons. The fourth-order valence-corrected chi connectivity index (χ4v) is 5.07. The van der Waals surface area contributed by atoms with Crippen LogP contribution in [0.25, 0.3) is 0 Å². The summed E-state index contributed by atoms with van der Waals surface area (Å²) in [6.45, 7) is 6.00. The molecule has 0 aliphatic carbocycles. The number of carbonyl (C=O) groups is 2. The lowest BCUT2D eigenvalue weighted by molar-refractivity contribution is 0.0521. The van der Waals surface area contributed by atoms with Crippen LogP contribution in [0.1, 0.15) is 44.6 Å². The summed E-state index contributed by atoms with van der Waals surface area (Å²) in [6.07, 6.45) is 0. The molecule has 0 spiro atoms. The monoisotopic (exact) mass is 604 g/mol. The van der Waals surface area contributed by atoms with Crippen molar-refractivity contribution in [3.8, 4) is 21.9 Å². The molecule has 8 nitrogen and oxygen atoms in total. The van der Waals surface area contributed by atoms with E-state index in [0.717, 1.165) is 0 Å². The summed E-state index contributed by atoms with van der Waals surface area (Å²) < 4.78 is 21.1. The van der Waals surface area contributed by atoms with E-state index in [9.17, 15) is 9.59 Å². The third-order valence-electron chi connectivity index (χ3n) is 4.40. The van der Waals surface area contributed by atoms with E-state index in [1.807, 2.05) is 60.7 Å². The van der Waals surface area contributed by atoms with Gasteiger partial charge in [0.15, 0.2) is 0 Å². The molecule has 0 amide bonds. The largest absolute Gasteiger partial charge is 0.462 e. The summed E-state index contributed by atoms with van der Waals surface area (Å²) in [5.74, 6) is 0.669. The summed E-state index contributed by atoms with van der Waals surface area (Å²) in [6, 6.07) is 18.7. The number of alkyl halides is 1. The lowest BCUT2D eigenvalue weighted by Gasteiger charge is -1.99. The number of aryl methyl sites for hydroxylation is 1. The van der Waals surface area contributed by atoms with Crippen molar-refractivity contribution >= 4 is 50.5 Å². The van der Waals surface area contributed by atoms with Crippen LogP contribution in [0.3, 0.4) is 0 Å². The Labute approximate surface area is 231 Å². The summed E-state index contributed by atoms with van der Waals surface area (Å²) >= 11 is 5.69. The first-order chi connectivity index (χ1) is 17.9. The smallest absolute Gasteiger partial charge is 0.350 e. The van der Waals surface area contributed by atoms with Gasteiger partial charge in [-0.2, -0.15) is 0 Å². The summed E-state index contributed by atoms with van der Waals surface area (Å²) in [4.78, 5) is 32.8. The highest BCUT2D eigenvalue weighted by Crippen LogP contribution is 2.31. The van der Waals surface area contributed by atoms with Crippen LogP contribution in [-0.4, -0.2) is 35.1 Å². The summed E-state index contributed by atoms with van der Waals surface area (Å²) in [7, 11) is 0. The number of hydrogen-bond donors (Lipinski definition) is 0. The average Bonchev–Trinajstić information content (AvgIpc) is 3.48. The molecule has 2 aromatic carbocycles. The number of aromatic nitrogens is 2. The molecular weight excluding hydrogens is 580 g/mol. The van der Waals surface area contributed by atoms with Crippen LogP contribution in [0.4, 0.5) is 0 Å². The molecular formula is C26H25BrN2O6S2. The molecule has 0 bridgehead atoms. The molecule has 4 aromatic rings. The highest BCUT2D eigenvalue weighted by molar-refractivity contribution is 9.08. The number of ether oxygens (including phenoxy) is 4. The number of esters is 2. The maximum Gasteiger partial charge on any atom is 0.350 e. The minimum absolute atomic E-state index is 0.341. The van der Waals surface area contributed by atoms with E-state index in [-0.39, 0.29) is 11.9 Å². The Kier molecular flexibility index (Phi) is 11.1. The van der Waals surface area contributed by atoms with Gasteiger partial charge in [0.2, 0.25) is 0 Å². The van der Waals surface area contributed by atoms with E-state index in [1.165, 1.54) is 22.7 Å². The van der Waals surface area contributed by atoms with Crippen molar-refractivity contribution < 1.29 is 28.5 Å². The Morgan fingerprint density at radius 1 is 0.757 bits per heavy atom. The zero-order valence-corrected chi connectivity index (χ0v) is 23.7. The molecule has 0 radical (unpaired) electrons. The molecule has 0 saturated heterocycles. The van der Waals surface area contributed by atoms with E-state index in [4.69, 9.17) is 18.9 Å². The van der Waals surface area contributed by atoms with Crippen LogP contribution in [0.2, 0.25) is 0 Å². The van der Waals surface area contributed by atoms with E-state index in [0.29, 0.717) is 61.6 Å². The van der Waals surface area contributed by atoms with Crippen molar-refractivity contribution in [2.24, 2.45) is 0 Å². The van der Waals surface area contributed by atoms with Crippen LogP contribution in [0, 0.1) is 6.92 Å². The number of thiazole rings is 2. The molecule has 11 heteroatoms. The van der Waals surface area contributed by atoms with Crippen molar-refractivity contribution in [1.29, 1.82) is 0 Å². The Hall–Kier alpha value is -3.28. The average molecular weight is 606 g/mol. The molecule has 0 unspecified atom stereocenters. The zero-order valence-electron chi connectivity index (χ0n) is 20.4. The second kappa shape index (κ2) is 14.5. The Morgan fingerprint density at radius 3 is 1.70 bits per heavy atom. The second-order valence-electron chi connectivity index (χ2n) is 7.05. The first-order valence-corrected chi connectivity index (χ1v) is 14.0. The van der Waals surface area contributed by atoms with Gasteiger partial charge in [0.05, 0.1) is 24.6 Å². The molecule has 37 heavy (non-hydrogen) atoms. The van der Waals surface area contributed by atoms with E-state index in [2.05, 4.69) is 25.9 Å². The molecule has 0 fully saturated rings. The topological polar surface area (TPSA) is 96.8 Å². The number of para-hydroxylation sites is 2. The highest BCUT2D eigenvalue weighted by atomic mass is 79.9. The number of rotatable bonds is 9. The number of hydrogen-bond acceptors (Lipinski definition) is 10. The van der Waals surface area contributed by atoms with E-state index < -0.39 is 0 Å². The van der Waals surface area contributed by atoms with Gasteiger partial charge >= 0.3 is 11.9 Å². The maximum atomic E-state index is 11.8. The second-order valence-corrected chi connectivity index (χ2v) is 9.54. The normalized spacial score (nSPS) is 10.2. The SMILES string of the molecule is CCOC(=O)c1sc(Oc2ccccc2)nc1C.CCOC(=O)c1sc(Oc2ccccc2)nc1CBr.